The first-order valence-corrected chi connectivity index (χ1v) is 7.16. The molecule has 0 aliphatic carbocycles. The highest BCUT2D eigenvalue weighted by Crippen LogP contribution is 2.38. The van der Waals surface area contributed by atoms with Crippen LogP contribution in [0.1, 0.15) is 12.8 Å². The molecular weight excluding hydrogens is 256 g/mol. The second-order valence-electron chi connectivity index (χ2n) is 5.74. The van der Waals surface area contributed by atoms with E-state index in [1.54, 1.807) is 0 Å². The summed E-state index contributed by atoms with van der Waals surface area (Å²) >= 11 is 0. The van der Waals surface area contributed by atoms with Crippen LogP contribution in [0.4, 0.5) is 0 Å². The van der Waals surface area contributed by atoms with Crippen LogP contribution in [-0.4, -0.2) is 53.8 Å². The van der Waals surface area contributed by atoms with E-state index in [-0.39, 0.29) is 30.2 Å². The number of carbonyl (C=O) groups is 1. The number of benzene rings is 1. The average molecular weight is 274 g/mol. The second kappa shape index (κ2) is 4.46. The van der Waals surface area contributed by atoms with Crippen LogP contribution in [0.3, 0.4) is 0 Å². The van der Waals surface area contributed by atoms with Crippen molar-refractivity contribution in [2.24, 2.45) is 0 Å². The zero-order valence-electron chi connectivity index (χ0n) is 11.4. The van der Waals surface area contributed by atoms with Crippen LogP contribution in [0.5, 0.6) is 5.75 Å². The van der Waals surface area contributed by atoms with E-state index in [9.17, 15) is 4.79 Å². The van der Waals surface area contributed by atoms with Crippen molar-refractivity contribution in [2.75, 3.05) is 13.6 Å². The number of likely N-dealkylation sites (N-methyl/N-ethyl adjacent to an activating group) is 1. The topological polar surface area (TPSA) is 42.0 Å². The first kappa shape index (κ1) is 12.2. The van der Waals surface area contributed by atoms with E-state index < -0.39 is 0 Å². The molecule has 0 radical (unpaired) electrons. The van der Waals surface area contributed by atoms with E-state index in [2.05, 4.69) is 0 Å². The Morgan fingerprint density at radius 3 is 2.90 bits per heavy atom. The fraction of sp³-hybridized carbons (Fsp3) is 0.533. The molecule has 0 spiro atoms. The first-order chi connectivity index (χ1) is 9.74. The first-order valence-electron chi connectivity index (χ1n) is 7.16. The van der Waals surface area contributed by atoms with Gasteiger partial charge in [-0.15, -0.1) is 0 Å². The predicted octanol–water partition coefficient (Wildman–Crippen LogP) is 1.05. The second-order valence-corrected chi connectivity index (χ2v) is 5.74. The standard InChI is InChI=1S/C15H18N2O3/c1-16-12-9-11(20-16)7-8-17-13(12)14(15(17)18)19-10-5-3-2-4-6-10/h2-6,11-14H,7-9H2,1H3/t11-,12-,13-,14+/m0/s1. The number of hydroxylamine groups is 2. The van der Waals surface area contributed by atoms with Gasteiger partial charge in [0.25, 0.3) is 5.91 Å². The molecule has 5 heteroatoms. The minimum absolute atomic E-state index is 0.111. The highest BCUT2D eigenvalue weighted by atomic mass is 16.7. The Kier molecular flexibility index (Phi) is 2.72. The zero-order valence-corrected chi connectivity index (χ0v) is 11.4. The lowest BCUT2D eigenvalue weighted by atomic mass is 9.90. The number of hydrogen-bond donors (Lipinski definition) is 0. The molecule has 3 aliphatic rings. The molecule has 0 unspecified atom stereocenters. The van der Waals surface area contributed by atoms with Crippen molar-refractivity contribution in [3.63, 3.8) is 0 Å². The zero-order chi connectivity index (χ0) is 13.7. The van der Waals surface area contributed by atoms with Crippen LogP contribution in [0.15, 0.2) is 30.3 Å². The lowest BCUT2D eigenvalue weighted by molar-refractivity contribution is -0.199. The largest absolute Gasteiger partial charge is 0.478 e. The quantitative estimate of drug-likeness (QED) is 0.756. The van der Waals surface area contributed by atoms with Crippen molar-refractivity contribution in [1.29, 1.82) is 0 Å². The molecular formula is C15H18N2O3. The van der Waals surface area contributed by atoms with E-state index in [4.69, 9.17) is 9.57 Å². The van der Waals surface area contributed by atoms with Crippen LogP contribution < -0.4 is 4.74 Å². The molecule has 3 saturated heterocycles. The van der Waals surface area contributed by atoms with Gasteiger partial charge < -0.3 is 9.64 Å². The lowest BCUT2D eigenvalue weighted by Crippen LogP contribution is -2.72. The number of para-hydroxylation sites is 1. The third kappa shape index (κ3) is 1.73. The van der Waals surface area contributed by atoms with Gasteiger partial charge in [-0.25, -0.2) is 0 Å². The number of amides is 1. The molecule has 1 amide bonds. The highest BCUT2D eigenvalue weighted by molar-refractivity contribution is 5.89. The normalized spacial score (nSPS) is 36.2. The maximum absolute atomic E-state index is 12.3. The van der Waals surface area contributed by atoms with E-state index in [1.165, 1.54) is 0 Å². The van der Waals surface area contributed by atoms with E-state index >= 15 is 0 Å². The van der Waals surface area contributed by atoms with Gasteiger partial charge in [-0.05, 0) is 25.0 Å². The van der Waals surface area contributed by atoms with E-state index in [0.29, 0.717) is 0 Å². The lowest BCUT2D eigenvalue weighted by Gasteiger charge is -2.49. The number of carbonyl (C=O) groups excluding carboxylic acids is 1. The van der Waals surface area contributed by atoms with Gasteiger partial charge in [0.15, 0.2) is 6.10 Å². The molecule has 3 aliphatic heterocycles. The minimum atomic E-state index is -0.370. The molecule has 5 nitrogen and oxygen atoms in total. The smallest absolute Gasteiger partial charge is 0.266 e. The van der Waals surface area contributed by atoms with Gasteiger partial charge in [0, 0.05) is 13.6 Å². The third-order valence-corrected chi connectivity index (χ3v) is 4.58. The fourth-order valence-corrected chi connectivity index (χ4v) is 3.55. The summed E-state index contributed by atoms with van der Waals surface area (Å²) in [5, 5.41) is 1.91. The van der Waals surface area contributed by atoms with Crippen molar-refractivity contribution in [3.05, 3.63) is 30.3 Å². The number of β-lactam (4-membered cyclic amide) rings is 1. The summed E-state index contributed by atoms with van der Waals surface area (Å²) in [6, 6.07) is 9.92. The third-order valence-electron chi connectivity index (χ3n) is 4.58. The molecule has 0 saturated carbocycles. The summed E-state index contributed by atoms with van der Waals surface area (Å²) < 4.78 is 5.91. The Labute approximate surface area is 118 Å². The Morgan fingerprint density at radius 1 is 1.30 bits per heavy atom. The number of ether oxygens (including phenoxy) is 1. The van der Waals surface area contributed by atoms with Gasteiger partial charge in [0.05, 0.1) is 18.2 Å². The molecule has 0 aromatic heterocycles. The minimum Gasteiger partial charge on any atom is -0.478 e. The SMILES string of the molecule is CN1O[C@H]2CCN3C(=O)[C@H](Oc4ccccc4)[C@@H]3[C@@H]1C2. The van der Waals surface area contributed by atoms with Crippen molar-refractivity contribution in [3.8, 4) is 5.75 Å². The summed E-state index contributed by atoms with van der Waals surface area (Å²) in [6.45, 7) is 0.785. The van der Waals surface area contributed by atoms with Crippen LogP contribution in [0.25, 0.3) is 0 Å². The molecule has 106 valence electrons. The van der Waals surface area contributed by atoms with Crippen LogP contribution in [0, 0.1) is 0 Å². The molecule has 4 atom stereocenters. The van der Waals surface area contributed by atoms with Gasteiger partial charge >= 0.3 is 0 Å². The van der Waals surface area contributed by atoms with Gasteiger partial charge in [0.1, 0.15) is 5.75 Å². The molecule has 0 N–H and O–H groups in total. The predicted molar refractivity (Wildman–Crippen MR) is 72.0 cm³/mol. The van der Waals surface area contributed by atoms with Gasteiger partial charge in [-0.1, -0.05) is 18.2 Å². The summed E-state index contributed by atoms with van der Waals surface area (Å²) in [5.74, 6) is 0.868. The maximum Gasteiger partial charge on any atom is 0.266 e. The molecule has 3 heterocycles. The summed E-state index contributed by atoms with van der Waals surface area (Å²) in [6.07, 6.45) is 1.78. The summed E-state index contributed by atoms with van der Waals surface area (Å²) in [7, 11) is 1.95. The summed E-state index contributed by atoms with van der Waals surface area (Å²) in [5.41, 5.74) is 0. The summed E-state index contributed by atoms with van der Waals surface area (Å²) in [4.78, 5) is 20.0. The van der Waals surface area contributed by atoms with Gasteiger partial charge in [0.2, 0.25) is 0 Å². The van der Waals surface area contributed by atoms with Gasteiger partial charge in [-0.3, -0.25) is 9.63 Å². The highest BCUT2D eigenvalue weighted by Gasteiger charge is 2.57. The molecule has 4 rings (SSSR count). The number of rotatable bonds is 2. The Bertz CT molecular complexity index is 521. The fourth-order valence-electron chi connectivity index (χ4n) is 3.55. The number of nitrogens with zero attached hydrogens (tertiary/aromatic N) is 2. The Morgan fingerprint density at radius 2 is 2.10 bits per heavy atom. The monoisotopic (exact) mass is 274 g/mol. The average Bonchev–Trinajstić information content (AvgIpc) is 2.72. The molecule has 2 bridgehead atoms. The number of fused-ring (bicyclic) bond motifs is 4. The van der Waals surface area contributed by atoms with Crippen LogP contribution in [-0.2, 0) is 9.63 Å². The van der Waals surface area contributed by atoms with Crippen molar-refractivity contribution >= 4 is 5.91 Å². The molecule has 1 aromatic rings. The molecule has 3 fully saturated rings. The van der Waals surface area contributed by atoms with Crippen LogP contribution in [0.2, 0.25) is 0 Å². The van der Waals surface area contributed by atoms with Crippen LogP contribution >= 0.6 is 0 Å². The maximum atomic E-state index is 12.3. The van der Waals surface area contributed by atoms with Crippen molar-refractivity contribution in [2.45, 2.75) is 37.1 Å². The van der Waals surface area contributed by atoms with Crippen molar-refractivity contribution in [1.82, 2.24) is 9.96 Å². The molecule has 1 aromatic carbocycles. The van der Waals surface area contributed by atoms with E-state index in [0.717, 1.165) is 25.1 Å². The van der Waals surface area contributed by atoms with Gasteiger partial charge in [-0.2, -0.15) is 5.06 Å². The number of hydrogen-bond acceptors (Lipinski definition) is 4. The Hall–Kier alpha value is -1.59. The van der Waals surface area contributed by atoms with E-state index in [1.807, 2.05) is 47.3 Å². The van der Waals surface area contributed by atoms with Crippen molar-refractivity contribution < 1.29 is 14.4 Å². The Balaban J connectivity index is 1.57. The molecule has 20 heavy (non-hydrogen) atoms.